The third-order valence-corrected chi connectivity index (χ3v) is 5.03. The molecule has 1 amide bonds. The topological polar surface area (TPSA) is 41.1 Å². The lowest BCUT2D eigenvalue weighted by atomic mass is 9.81. The average molecular weight is 266 g/mol. The van der Waals surface area contributed by atoms with E-state index in [4.69, 9.17) is 0 Å². The molecule has 3 nitrogen and oxygen atoms in total. The van der Waals surface area contributed by atoms with E-state index in [0.29, 0.717) is 0 Å². The number of carbonyl (C=O) groups excluding carboxylic acids is 1. The summed E-state index contributed by atoms with van der Waals surface area (Å²) in [5.74, 6) is 0.0796. The van der Waals surface area contributed by atoms with E-state index in [1.165, 1.54) is 10.4 Å². The van der Waals surface area contributed by atoms with Crippen LogP contribution in [-0.2, 0) is 0 Å². The Morgan fingerprint density at radius 2 is 2.11 bits per heavy atom. The Balaban J connectivity index is 1.91. The second-order valence-corrected chi connectivity index (χ2v) is 6.85. The fourth-order valence-electron chi connectivity index (χ4n) is 2.27. The van der Waals surface area contributed by atoms with E-state index in [-0.39, 0.29) is 11.3 Å². The van der Waals surface area contributed by atoms with Gasteiger partial charge in [-0.05, 0) is 56.8 Å². The largest absolute Gasteiger partial charge is 0.351 e. The minimum atomic E-state index is 0.0796. The molecule has 0 saturated carbocycles. The van der Waals surface area contributed by atoms with Crippen LogP contribution in [0.5, 0.6) is 0 Å². The molecule has 0 spiro atoms. The molecule has 1 aliphatic heterocycles. The normalized spacial score (nSPS) is 18.6. The summed E-state index contributed by atoms with van der Waals surface area (Å²) in [4.78, 5) is 14.1. The molecule has 0 bridgehead atoms. The van der Waals surface area contributed by atoms with Gasteiger partial charge in [0.2, 0.25) is 0 Å². The van der Waals surface area contributed by atoms with Gasteiger partial charge in [-0.3, -0.25) is 4.79 Å². The Kier molecular flexibility index (Phi) is 4.07. The third kappa shape index (κ3) is 3.12. The smallest absolute Gasteiger partial charge is 0.261 e. The van der Waals surface area contributed by atoms with E-state index in [0.717, 1.165) is 37.4 Å². The number of hydrogen-bond donors (Lipinski definition) is 2. The van der Waals surface area contributed by atoms with Gasteiger partial charge in [0.25, 0.3) is 5.91 Å². The molecule has 0 aromatic carbocycles. The molecule has 0 radical (unpaired) electrons. The van der Waals surface area contributed by atoms with E-state index in [9.17, 15) is 4.79 Å². The van der Waals surface area contributed by atoms with Crippen LogP contribution in [0.15, 0.2) is 6.07 Å². The number of aryl methyl sites for hydroxylation is 2. The predicted octanol–water partition coefficient (Wildman–Crippen LogP) is 2.48. The standard InChI is InChI=1S/C14H22N2OS/c1-10-8-12(18-11(10)2)13(17)16-9-14(3)4-6-15-7-5-14/h8,15H,4-7,9H2,1-3H3,(H,16,17). The Labute approximate surface area is 113 Å². The molecule has 2 rings (SSSR count). The first kappa shape index (κ1) is 13.6. The molecule has 1 aliphatic rings. The Morgan fingerprint density at radius 1 is 1.44 bits per heavy atom. The summed E-state index contributed by atoms with van der Waals surface area (Å²) in [6.07, 6.45) is 2.27. The maximum atomic E-state index is 12.1. The van der Waals surface area contributed by atoms with Gasteiger partial charge in [-0.15, -0.1) is 11.3 Å². The Bertz CT molecular complexity index is 414. The molecular weight excluding hydrogens is 244 g/mol. The fraction of sp³-hybridized carbons (Fsp3) is 0.643. The van der Waals surface area contributed by atoms with E-state index < -0.39 is 0 Å². The van der Waals surface area contributed by atoms with Crippen LogP contribution in [0.2, 0.25) is 0 Å². The van der Waals surface area contributed by atoms with Crippen LogP contribution in [-0.4, -0.2) is 25.5 Å². The number of nitrogens with one attached hydrogen (secondary N) is 2. The molecule has 1 fully saturated rings. The van der Waals surface area contributed by atoms with Crippen LogP contribution in [0.3, 0.4) is 0 Å². The van der Waals surface area contributed by atoms with Crippen LogP contribution in [0, 0.1) is 19.3 Å². The second kappa shape index (κ2) is 5.41. The van der Waals surface area contributed by atoms with Gasteiger partial charge in [0.05, 0.1) is 4.88 Å². The zero-order valence-electron chi connectivity index (χ0n) is 11.4. The van der Waals surface area contributed by atoms with Crippen molar-refractivity contribution in [2.75, 3.05) is 19.6 Å². The van der Waals surface area contributed by atoms with Gasteiger partial charge in [0, 0.05) is 11.4 Å². The molecule has 0 unspecified atom stereocenters. The van der Waals surface area contributed by atoms with Crippen molar-refractivity contribution in [2.24, 2.45) is 5.41 Å². The van der Waals surface area contributed by atoms with Crippen molar-refractivity contribution in [1.29, 1.82) is 0 Å². The number of hydrogen-bond acceptors (Lipinski definition) is 3. The number of carbonyl (C=O) groups is 1. The maximum Gasteiger partial charge on any atom is 0.261 e. The van der Waals surface area contributed by atoms with Gasteiger partial charge >= 0.3 is 0 Å². The highest BCUT2D eigenvalue weighted by Gasteiger charge is 2.27. The molecule has 0 atom stereocenters. The van der Waals surface area contributed by atoms with E-state index in [2.05, 4.69) is 31.4 Å². The highest BCUT2D eigenvalue weighted by molar-refractivity contribution is 7.14. The first-order valence-electron chi connectivity index (χ1n) is 6.56. The summed E-state index contributed by atoms with van der Waals surface area (Å²) in [6, 6.07) is 1.99. The average Bonchev–Trinajstić information content (AvgIpc) is 2.68. The number of rotatable bonds is 3. The Hall–Kier alpha value is -0.870. The molecule has 4 heteroatoms. The van der Waals surface area contributed by atoms with Crippen LogP contribution < -0.4 is 10.6 Å². The van der Waals surface area contributed by atoms with Crippen LogP contribution in [0.1, 0.15) is 39.9 Å². The van der Waals surface area contributed by atoms with Crippen molar-refractivity contribution in [1.82, 2.24) is 10.6 Å². The fourth-order valence-corrected chi connectivity index (χ4v) is 3.22. The van der Waals surface area contributed by atoms with Gasteiger partial charge in [-0.1, -0.05) is 6.92 Å². The number of thiophene rings is 1. The van der Waals surface area contributed by atoms with Crippen LogP contribution in [0.25, 0.3) is 0 Å². The second-order valence-electron chi connectivity index (χ2n) is 5.59. The van der Waals surface area contributed by atoms with Crippen LogP contribution in [0.4, 0.5) is 0 Å². The van der Waals surface area contributed by atoms with Gasteiger partial charge in [-0.2, -0.15) is 0 Å². The molecule has 1 aromatic rings. The van der Waals surface area contributed by atoms with Gasteiger partial charge in [0.15, 0.2) is 0 Å². The van der Waals surface area contributed by atoms with E-state index >= 15 is 0 Å². The van der Waals surface area contributed by atoms with Crippen molar-refractivity contribution in [3.63, 3.8) is 0 Å². The molecule has 2 heterocycles. The first-order chi connectivity index (χ1) is 8.50. The lowest BCUT2D eigenvalue weighted by molar-refractivity contribution is 0.0926. The quantitative estimate of drug-likeness (QED) is 0.882. The molecule has 18 heavy (non-hydrogen) atoms. The molecule has 2 N–H and O–H groups in total. The monoisotopic (exact) mass is 266 g/mol. The van der Waals surface area contributed by atoms with Gasteiger partial charge in [-0.25, -0.2) is 0 Å². The van der Waals surface area contributed by atoms with Gasteiger partial charge < -0.3 is 10.6 Å². The lowest BCUT2D eigenvalue weighted by Crippen LogP contribution is -2.42. The van der Waals surface area contributed by atoms with Crippen molar-refractivity contribution >= 4 is 17.2 Å². The lowest BCUT2D eigenvalue weighted by Gasteiger charge is -2.34. The summed E-state index contributed by atoms with van der Waals surface area (Å²) in [5, 5.41) is 6.45. The van der Waals surface area contributed by atoms with E-state index in [1.807, 2.05) is 6.07 Å². The highest BCUT2D eigenvalue weighted by Crippen LogP contribution is 2.27. The van der Waals surface area contributed by atoms with Crippen molar-refractivity contribution in [2.45, 2.75) is 33.6 Å². The number of amides is 1. The Morgan fingerprint density at radius 3 is 2.67 bits per heavy atom. The first-order valence-corrected chi connectivity index (χ1v) is 7.38. The van der Waals surface area contributed by atoms with Crippen molar-refractivity contribution in [3.05, 3.63) is 21.4 Å². The van der Waals surface area contributed by atoms with Crippen molar-refractivity contribution < 1.29 is 4.79 Å². The molecule has 1 aromatic heterocycles. The summed E-state index contributed by atoms with van der Waals surface area (Å²) in [5.41, 5.74) is 1.46. The van der Waals surface area contributed by atoms with E-state index in [1.54, 1.807) is 11.3 Å². The minimum absolute atomic E-state index is 0.0796. The summed E-state index contributed by atoms with van der Waals surface area (Å²) >= 11 is 1.58. The summed E-state index contributed by atoms with van der Waals surface area (Å²) < 4.78 is 0. The van der Waals surface area contributed by atoms with Crippen LogP contribution >= 0.6 is 11.3 Å². The molecule has 1 saturated heterocycles. The zero-order valence-corrected chi connectivity index (χ0v) is 12.2. The minimum Gasteiger partial charge on any atom is -0.351 e. The molecule has 100 valence electrons. The molecule has 0 aliphatic carbocycles. The van der Waals surface area contributed by atoms with Crippen molar-refractivity contribution in [3.8, 4) is 0 Å². The number of piperidine rings is 1. The summed E-state index contributed by atoms with van der Waals surface area (Å²) in [7, 11) is 0. The zero-order chi connectivity index (χ0) is 13.2. The van der Waals surface area contributed by atoms with Gasteiger partial charge in [0.1, 0.15) is 0 Å². The highest BCUT2D eigenvalue weighted by atomic mass is 32.1. The molecular formula is C14H22N2OS. The summed E-state index contributed by atoms with van der Waals surface area (Å²) in [6.45, 7) is 9.28. The maximum absolute atomic E-state index is 12.1. The predicted molar refractivity (Wildman–Crippen MR) is 76.3 cm³/mol. The third-order valence-electron chi connectivity index (χ3n) is 3.88. The SMILES string of the molecule is Cc1cc(C(=O)NCC2(C)CCNCC2)sc1C.